The number of aromatic hydroxyl groups is 1. The minimum absolute atomic E-state index is 0.0840. The molecule has 0 radical (unpaired) electrons. The zero-order valence-electron chi connectivity index (χ0n) is 13.4. The van der Waals surface area contributed by atoms with Crippen LogP contribution in [0.15, 0.2) is 48.5 Å². The lowest BCUT2D eigenvalue weighted by atomic mass is 9.80. The molecule has 0 spiro atoms. The van der Waals surface area contributed by atoms with Gasteiger partial charge in [-0.1, -0.05) is 39.0 Å². The molecule has 116 valence electrons. The molecule has 3 heteroatoms. The van der Waals surface area contributed by atoms with Gasteiger partial charge in [0.25, 0.3) is 0 Å². The fourth-order valence-electron chi connectivity index (χ4n) is 2.69. The molecule has 0 saturated carbocycles. The third-order valence-corrected chi connectivity index (χ3v) is 4.09. The number of fused-ring (bicyclic) bond motifs is 1. The van der Waals surface area contributed by atoms with Crippen molar-refractivity contribution < 1.29 is 14.7 Å². The second-order valence-electron chi connectivity index (χ2n) is 6.81. The van der Waals surface area contributed by atoms with E-state index in [4.69, 9.17) is 0 Å². The highest BCUT2D eigenvalue weighted by atomic mass is 16.3. The lowest BCUT2D eigenvalue weighted by molar-refractivity contribution is 0.100. The van der Waals surface area contributed by atoms with Gasteiger partial charge in [0.2, 0.25) is 0 Å². The molecule has 2 aromatic carbocycles. The van der Waals surface area contributed by atoms with Gasteiger partial charge in [-0.2, -0.15) is 0 Å². The quantitative estimate of drug-likeness (QED) is 0.861. The summed E-state index contributed by atoms with van der Waals surface area (Å²) in [7, 11) is 0. The highest BCUT2D eigenvalue weighted by Gasteiger charge is 2.28. The zero-order valence-corrected chi connectivity index (χ0v) is 13.4. The maximum absolute atomic E-state index is 12.7. The molecule has 0 heterocycles. The molecule has 0 saturated heterocycles. The van der Waals surface area contributed by atoms with E-state index in [1.807, 2.05) is 12.1 Å². The highest BCUT2D eigenvalue weighted by Crippen LogP contribution is 2.31. The van der Waals surface area contributed by atoms with Crippen molar-refractivity contribution in [3.63, 3.8) is 0 Å². The summed E-state index contributed by atoms with van der Waals surface area (Å²) in [5.41, 5.74) is 2.84. The minimum atomic E-state index is -0.161. The predicted octanol–water partition coefficient (Wildman–Crippen LogP) is 4.15. The van der Waals surface area contributed by atoms with Crippen molar-refractivity contribution in [1.29, 1.82) is 0 Å². The van der Waals surface area contributed by atoms with Gasteiger partial charge in [-0.3, -0.25) is 9.59 Å². The Morgan fingerprint density at radius 1 is 0.870 bits per heavy atom. The second kappa shape index (κ2) is 5.20. The van der Waals surface area contributed by atoms with Gasteiger partial charge in [0, 0.05) is 16.7 Å². The number of phenolic OH excluding ortho intramolecular Hbond substituents is 1. The number of rotatable bonds is 1. The number of ketones is 2. The monoisotopic (exact) mass is 306 g/mol. The van der Waals surface area contributed by atoms with E-state index >= 15 is 0 Å². The highest BCUT2D eigenvalue weighted by molar-refractivity contribution is 6.38. The third kappa shape index (κ3) is 2.70. The lowest BCUT2D eigenvalue weighted by Crippen LogP contribution is -2.19. The molecule has 0 aromatic heterocycles. The summed E-state index contributed by atoms with van der Waals surface area (Å²) in [6.45, 7) is 6.21. The van der Waals surface area contributed by atoms with Crippen LogP contribution in [0.4, 0.5) is 0 Å². The van der Waals surface area contributed by atoms with Crippen molar-refractivity contribution in [3.8, 4) is 5.75 Å². The molecule has 0 atom stereocenters. The Morgan fingerprint density at radius 3 is 2.13 bits per heavy atom. The average molecular weight is 306 g/mol. The number of hydrogen-bond acceptors (Lipinski definition) is 3. The Labute approximate surface area is 135 Å². The number of phenols is 1. The summed E-state index contributed by atoms with van der Waals surface area (Å²) < 4.78 is 0. The predicted molar refractivity (Wildman–Crippen MR) is 89.9 cm³/mol. The Morgan fingerprint density at radius 2 is 1.52 bits per heavy atom. The zero-order chi connectivity index (χ0) is 16.8. The normalized spacial score (nSPS) is 14.5. The molecule has 0 amide bonds. The Balaban J connectivity index is 2.09. The van der Waals surface area contributed by atoms with Crippen LogP contribution in [0, 0.1) is 0 Å². The molecular formula is C20H18O3. The van der Waals surface area contributed by atoms with Crippen molar-refractivity contribution in [2.45, 2.75) is 26.2 Å². The number of hydrogen-bond donors (Lipinski definition) is 1. The van der Waals surface area contributed by atoms with Crippen LogP contribution in [0.5, 0.6) is 5.75 Å². The van der Waals surface area contributed by atoms with E-state index in [2.05, 4.69) is 20.8 Å². The van der Waals surface area contributed by atoms with E-state index in [0.29, 0.717) is 22.3 Å². The smallest absolute Gasteiger partial charge is 0.194 e. The molecule has 2 aromatic rings. The number of Topliss-reactive ketones (excluding diaryl/α,β-unsaturated/α-hetero) is 1. The van der Waals surface area contributed by atoms with Gasteiger partial charge in [0.05, 0.1) is 0 Å². The fraction of sp³-hybridized carbons (Fsp3) is 0.200. The average Bonchev–Trinajstić information content (AvgIpc) is 2.50. The molecule has 1 aliphatic carbocycles. The summed E-state index contributed by atoms with van der Waals surface area (Å²) in [4.78, 5) is 25.2. The largest absolute Gasteiger partial charge is 0.508 e. The maximum atomic E-state index is 12.7. The van der Waals surface area contributed by atoms with Crippen LogP contribution < -0.4 is 0 Å². The molecule has 0 unspecified atom stereocenters. The van der Waals surface area contributed by atoms with Crippen molar-refractivity contribution in [2.24, 2.45) is 0 Å². The first-order chi connectivity index (χ1) is 10.8. The van der Waals surface area contributed by atoms with Crippen LogP contribution in [-0.2, 0) is 5.41 Å². The van der Waals surface area contributed by atoms with E-state index in [-0.39, 0.29) is 22.7 Å². The maximum Gasteiger partial charge on any atom is 0.194 e. The van der Waals surface area contributed by atoms with E-state index in [1.54, 1.807) is 18.2 Å². The van der Waals surface area contributed by atoms with Crippen LogP contribution >= 0.6 is 0 Å². The molecule has 1 N–H and O–H groups in total. The summed E-state index contributed by atoms with van der Waals surface area (Å²) in [5.74, 6) is -0.196. The first kappa shape index (κ1) is 15.2. The topological polar surface area (TPSA) is 54.4 Å². The van der Waals surface area contributed by atoms with E-state index in [1.165, 1.54) is 18.2 Å². The molecule has 23 heavy (non-hydrogen) atoms. The second-order valence-corrected chi connectivity index (χ2v) is 6.81. The summed E-state index contributed by atoms with van der Waals surface area (Å²) in [6.07, 6.45) is 1.39. The van der Waals surface area contributed by atoms with Gasteiger partial charge in [-0.25, -0.2) is 0 Å². The van der Waals surface area contributed by atoms with Crippen LogP contribution in [-0.4, -0.2) is 16.7 Å². The number of benzene rings is 2. The van der Waals surface area contributed by atoms with Crippen molar-refractivity contribution in [3.05, 3.63) is 70.8 Å². The van der Waals surface area contributed by atoms with Crippen molar-refractivity contribution >= 4 is 17.1 Å². The fourth-order valence-corrected chi connectivity index (χ4v) is 2.69. The SMILES string of the molecule is CC(C)(C)c1ccc2c(c1)C(=O)C=C(c1ccc(O)cc1)C2=O. The molecule has 0 bridgehead atoms. The molecule has 3 rings (SSSR count). The first-order valence-corrected chi connectivity index (χ1v) is 7.52. The standard InChI is InChI=1S/C20H18O3/c1-20(2,3)13-6-9-15-17(10-13)18(22)11-16(19(15)23)12-4-7-14(21)8-5-12/h4-11,21H,1-3H3. The number of carbonyl (C=O) groups is 2. The number of allylic oxidation sites excluding steroid dienone is 2. The Bertz CT molecular complexity index is 834. The van der Waals surface area contributed by atoms with Crippen LogP contribution in [0.2, 0.25) is 0 Å². The van der Waals surface area contributed by atoms with Crippen molar-refractivity contribution in [1.82, 2.24) is 0 Å². The minimum Gasteiger partial charge on any atom is -0.508 e. The van der Waals surface area contributed by atoms with Gasteiger partial charge in [-0.05, 0) is 46.9 Å². The van der Waals surface area contributed by atoms with E-state index < -0.39 is 0 Å². The van der Waals surface area contributed by atoms with Gasteiger partial charge in [0.1, 0.15) is 5.75 Å². The van der Waals surface area contributed by atoms with Crippen LogP contribution in [0.1, 0.15) is 52.6 Å². The molecule has 0 aliphatic heterocycles. The third-order valence-electron chi connectivity index (χ3n) is 4.09. The number of carbonyl (C=O) groups excluding carboxylic acids is 2. The first-order valence-electron chi connectivity index (χ1n) is 7.52. The summed E-state index contributed by atoms with van der Waals surface area (Å²) >= 11 is 0. The molecule has 0 fully saturated rings. The Hall–Kier alpha value is -2.68. The van der Waals surface area contributed by atoms with Gasteiger partial charge < -0.3 is 5.11 Å². The Kier molecular flexibility index (Phi) is 3.44. The van der Waals surface area contributed by atoms with E-state index in [9.17, 15) is 14.7 Å². The van der Waals surface area contributed by atoms with Crippen LogP contribution in [0.25, 0.3) is 5.57 Å². The van der Waals surface area contributed by atoms with Gasteiger partial charge >= 0.3 is 0 Å². The summed E-state index contributed by atoms with van der Waals surface area (Å²) in [5, 5.41) is 9.37. The lowest BCUT2D eigenvalue weighted by Gasteiger charge is -2.22. The van der Waals surface area contributed by atoms with Gasteiger partial charge in [-0.15, -0.1) is 0 Å². The van der Waals surface area contributed by atoms with Gasteiger partial charge in [0.15, 0.2) is 11.6 Å². The summed E-state index contributed by atoms with van der Waals surface area (Å²) in [6, 6.07) is 11.8. The van der Waals surface area contributed by atoms with E-state index in [0.717, 1.165) is 5.56 Å². The molecule has 1 aliphatic rings. The van der Waals surface area contributed by atoms with Crippen molar-refractivity contribution in [2.75, 3.05) is 0 Å². The van der Waals surface area contributed by atoms with Crippen LogP contribution in [0.3, 0.4) is 0 Å². The molecular weight excluding hydrogens is 288 g/mol. The molecule has 3 nitrogen and oxygen atoms in total.